The van der Waals surface area contributed by atoms with Gasteiger partial charge in [0.25, 0.3) is 0 Å². The Kier molecular flexibility index (Phi) is 5.63. The van der Waals surface area contributed by atoms with E-state index in [4.69, 9.17) is 5.73 Å². The van der Waals surface area contributed by atoms with Gasteiger partial charge in [-0.15, -0.1) is 12.4 Å². The fraction of sp³-hybridized carbons (Fsp3) is 0.368. The van der Waals surface area contributed by atoms with Gasteiger partial charge in [0.2, 0.25) is 0 Å². The Hall–Kier alpha value is -1.35. The largest absolute Gasteiger partial charge is 0.326 e. The van der Waals surface area contributed by atoms with Gasteiger partial charge in [0.1, 0.15) is 0 Å². The third kappa shape index (κ3) is 3.89. The zero-order valence-electron chi connectivity index (χ0n) is 13.3. The second-order valence-corrected chi connectivity index (χ2v) is 6.37. The van der Waals surface area contributed by atoms with Gasteiger partial charge in [-0.25, -0.2) is 0 Å². The van der Waals surface area contributed by atoms with Gasteiger partial charge in [0.05, 0.1) is 0 Å². The zero-order valence-corrected chi connectivity index (χ0v) is 14.1. The van der Waals surface area contributed by atoms with Gasteiger partial charge in [-0.3, -0.25) is 4.90 Å². The van der Waals surface area contributed by atoms with Crippen molar-refractivity contribution >= 4 is 12.4 Å². The van der Waals surface area contributed by atoms with Gasteiger partial charge < -0.3 is 5.73 Å². The predicted octanol–water partition coefficient (Wildman–Crippen LogP) is 3.65. The van der Waals surface area contributed by atoms with E-state index in [1.54, 1.807) is 0 Å². The lowest BCUT2D eigenvalue weighted by atomic mass is 9.95. The van der Waals surface area contributed by atoms with E-state index in [1.165, 1.54) is 22.3 Å². The van der Waals surface area contributed by atoms with E-state index < -0.39 is 0 Å². The molecular weight excluding hydrogens is 292 g/mol. The van der Waals surface area contributed by atoms with Crippen LogP contribution in [0.2, 0.25) is 0 Å². The summed E-state index contributed by atoms with van der Waals surface area (Å²) in [5.41, 5.74) is 11.8. The number of likely N-dealkylation sites (tertiary alicyclic amines) is 1. The fourth-order valence-corrected chi connectivity index (χ4v) is 3.51. The van der Waals surface area contributed by atoms with Crippen molar-refractivity contribution in [3.05, 3.63) is 70.8 Å². The average Bonchev–Trinajstić information content (AvgIpc) is 2.79. The maximum absolute atomic E-state index is 6.37. The maximum atomic E-state index is 6.37. The molecule has 1 aliphatic heterocycles. The van der Waals surface area contributed by atoms with E-state index in [0.29, 0.717) is 5.92 Å². The predicted molar refractivity (Wildman–Crippen MR) is 95.6 cm³/mol. The van der Waals surface area contributed by atoms with Crippen LogP contribution in [0.1, 0.15) is 28.2 Å². The van der Waals surface area contributed by atoms with Gasteiger partial charge in [-0.1, -0.05) is 59.7 Å². The molecule has 0 spiro atoms. The van der Waals surface area contributed by atoms with E-state index >= 15 is 0 Å². The summed E-state index contributed by atoms with van der Waals surface area (Å²) >= 11 is 0. The highest BCUT2D eigenvalue weighted by Gasteiger charge is 2.30. The molecule has 0 aromatic heterocycles. The highest BCUT2D eigenvalue weighted by atomic mass is 35.5. The van der Waals surface area contributed by atoms with Crippen LogP contribution in [0.3, 0.4) is 0 Å². The number of hydrogen-bond acceptors (Lipinski definition) is 2. The number of rotatable bonds is 3. The SMILES string of the molecule is Cc1cc(C)cc(CN2C[C@@H](N)[C@H](c3ccccc3)C2)c1.Cl. The molecular formula is C19H25ClN2. The Balaban J connectivity index is 0.00000176. The lowest BCUT2D eigenvalue weighted by Gasteiger charge is -2.17. The maximum Gasteiger partial charge on any atom is 0.0250 e. The molecule has 0 radical (unpaired) electrons. The van der Waals surface area contributed by atoms with Crippen molar-refractivity contribution in [3.8, 4) is 0 Å². The van der Waals surface area contributed by atoms with E-state index in [-0.39, 0.29) is 18.4 Å². The van der Waals surface area contributed by atoms with Crippen molar-refractivity contribution in [1.82, 2.24) is 4.90 Å². The molecule has 22 heavy (non-hydrogen) atoms. The molecule has 2 N–H and O–H groups in total. The molecule has 1 fully saturated rings. The number of halogens is 1. The molecule has 1 aliphatic rings. The van der Waals surface area contributed by atoms with Crippen LogP contribution in [-0.4, -0.2) is 24.0 Å². The van der Waals surface area contributed by atoms with Crippen LogP contribution in [-0.2, 0) is 6.54 Å². The number of aryl methyl sites for hydroxylation is 2. The highest BCUT2D eigenvalue weighted by molar-refractivity contribution is 5.85. The van der Waals surface area contributed by atoms with Gasteiger partial charge in [-0.2, -0.15) is 0 Å². The summed E-state index contributed by atoms with van der Waals surface area (Å²) in [6.45, 7) is 7.36. The Morgan fingerprint density at radius 1 is 1.00 bits per heavy atom. The summed E-state index contributed by atoms with van der Waals surface area (Å²) in [5.74, 6) is 0.456. The summed E-state index contributed by atoms with van der Waals surface area (Å²) in [7, 11) is 0. The molecule has 118 valence electrons. The topological polar surface area (TPSA) is 29.3 Å². The standard InChI is InChI=1S/C19H24N2.ClH/c1-14-8-15(2)10-16(9-14)11-21-12-18(19(20)13-21)17-6-4-3-5-7-17;/h3-10,18-19H,11-13,20H2,1-2H3;1H/t18-,19+;/m0./s1. The quantitative estimate of drug-likeness (QED) is 0.936. The minimum Gasteiger partial charge on any atom is -0.326 e. The molecule has 3 heteroatoms. The molecule has 1 heterocycles. The van der Waals surface area contributed by atoms with Crippen molar-refractivity contribution in [3.63, 3.8) is 0 Å². The van der Waals surface area contributed by atoms with Crippen LogP contribution in [0.4, 0.5) is 0 Å². The summed E-state index contributed by atoms with van der Waals surface area (Å²) in [4.78, 5) is 2.48. The molecule has 0 amide bonds. The van der Waals surface area contributed by atoms with Crippen LogP contribution in [0.25, 0.3) is 0 Å². The molecule has 2 aromatic carbocycles. The molecule has 2 nitrogen and oxygen atoms in total. The molecule has 0 unspecified atom stereocenters. The highest BCUT2D eigenvalue weighted by Crippen LogP contribution is 2.27. The van der Waals surface area contributed by atoms with E-state index in [0.717, 1.165) is 19.6 Å². The van der Waals surface area contributed by atoms with Crippen molar-refractivity contribution in [2.45, 2.75) is 32.4 Å². The van der Waals surface area contributed by atoms with Crippen LogP contribution in [0.15, 0.2) is 48.5 Å². The zero-order chi connectivity index (χ0) is 14.8. The first-order chi connectivity index (χ1) is 10.1. The summed E-state index contributed by atoms with van der Waals surface area (Å²) in [6.07, 6.45) is 0. The number of hydrogen-bond donors (Lipinski definition) is 1. The summed E-state index contributed by atoms with van der Waals surface area (Å²) in [6, 6.07) is 17.7. The monoisotopic (exact) mass is 316 g/mol. The average molecular weight is 317 g/mol. The first-order valence-corrected chi connectivity index (χ1v) is 7.72. The first kappa shape index (κ1) is 17.0. The Morgan fingerprint density at radius 3 is 2.27 bits per heavy atom. The smallest absolute Gasteiger partial charge is 0.0250 e. The molecule has 1 saturated heterocycles. The Labute approximate surface area is 139 Å². The third-order valence-corrected chi connectivity index (χ3v) is 4.36. The van der Waals surface area contributed by atoms with Crippen molar-refractivity contribution < 1.29 is 0 Å². The summed E-state index contributed by atoms with van der Waals surface area (Å²) in [5, 5.41) is 0. The van der Waals surface area contributed by atoms with Crippen LogP contribution in [0, 0.1) is 13.8 Å². The van der Waals surface area contributed by atoms with Crippen LogP contribution >= 0.6 is 12.4 Å². The minimum absolute atomic E-state index is 0. The Bertz CT molecular complexity index is 592. The summed E-state index contributed by atoms with van der Waals surface area (Å²) < 4.78 is 0. The molecule has 0 aliphatic carbocycles. The normalized spacial score (nSPS) is 21.6. The lowest BCUT2D eigenvalue weighted by molar-refractivity contribution is 0.323. The number of nitrogens with two attached hydrogens (primary N) is 1. The third-order valence-electron chi connectivity index (χ3n) is 4.36. The van der Waals surface area contributed by atoms with Crippen LogP contribution < -0.4 is 5.73 Å². The van der Waals surface area contributed by atoms with Crippen molar-refractivity contribution in [2.75, 3.05) is 13.1 Å². The molecule has 0 bridgehead atoms. The number of nitrogens with zero attached hydrogens (tertiary/aromatic N) is 1. The molecule has 0 saturated carbocycles. The molecule has 3 rings (SSSR count). The second kappa shape index (κ2) is 7.28. The first-order valence-electron chi connectivity index (χ1n) is 7.72. The minimum atomic E-state index is 0. The van der Waals surface area contributed by atoms with Gasteiger partial charge in [-0.05, 0) is 25.0 Å². The Morgan fingerprint density at radius 2 is 1.64 bits per heavy atom. The van der Waals surface area contributed by atoms with E-state index in [9.17, 15) is 0 Å². The van der Waals surface area contributed by atoms with E-state index in [2.05, 4.69) is 67.3 Å². The van der Waals surface area contributed by atoms with Gasteiger partial charge in [0, 0.05) is 31.6 Å². The number of benzene rings is 2. The van der Waals surface area contributed by atoms with E-state index in [1.807, 2.05) is 0 Å². The van der Waals surface area contributed by atoms with Crippen LogP contribution in [0.5, 0.6) is 0 Å². The molecule has 2 atom stereocenters. The van der Waals surface area contributed by atoms with Gasteiger partial charge >= 0.3 is 0 Å². The lowest BCUT2D eigenvalue weighted by Crippen LogP contribution is -2.28. The van der Waals surface area contributed by atoms with Crippen molar-refractivity contribution in [2.24, 2.45) is 5.73 Å². The molecule has 2 aromatic rings. The van der Waals surface area contributed by atoms with Gasteiger partial charge in [0.15, 0.2) is 0 Å². The fourth-order valence-electron chi connectivity index (χ4n) is 3.51. The van der Waals surface area contributed by atoms with Crippen molar-refractivity contribution in [1.29, 1.82) is 0 Å². The second-order valence-electron chi connectivity index (χ2n) is 6.37.